The summed E-state index contributed by atoms with van der Waals surface area (Å²) in [4.78, 5) is 1.14. The van der Waals surface area contributed by atoms with Gasteiger partial charge in [-0.2, -0.15) is 5.10 Å². The topological polar surface area (TPSA) is 37.5 Å². The standard InChI is InChI=1S/C18H15BrN2OS/c1-13-7-9-16(10-8-13)23-18-17(19)11-15(22-18)12-20-21-14-5-3-2-4-6-14/h2-12,21H,1H3/b20-12+. The molecular formula is C18H15BrN2OS. The van der Waals surface area contributed by atoms with Crippen LogP contribution in [0.25, 0.3) is 0 Å². The van der Waals surface area contributed by atoms with Gasteiger partial charge in [-0.1, -0.05) is 47.7 Å². The van der Waals surface area contributed by atoms with Crippen LogP contribution in [-0.2, 0) is 0 Å². The molecule has 0 aliphatic rings. The molecule has 0 bridgehead atoms. The van der Waals surface area contributed by atoms with Crippen molar-refractivity contribution < 1.29 is 4.42 Å². The fraction of sp³-hybridized carbons (Fsp3) is 0.0556. The number of halogens is 1. The molecule has 0 unspecified atom stereocenters. The van der Waals surface area contributed by atoms with Crippen molar-refractivity contribution in [3.63, 3.8) is 0 Å². The van der Waals surface area contributed by atoms with Gasteiger partial charge in [-0.3, -0.25) is 5.43 Å². The quantitative estimate of drug-likeness (QED) is 0.434. The Balaban J connectivity index is 1.67. The number of aryl methyl sites for hydroxylation is 1. The number of para-hydroxylation sites is 1. The zero-order chi connectivity index (χ0) is 16.1. The van der Waals surface area contributed by atoms with Crippen molar-refractivity contribution in [3.05, 3.63) is 76.5 Å². The van der Waals surface area contributed by atoms with Gasteiger partial charge in [0.2, 0.25) is 0 Å². The third-order valence-corrected chi connectivity index (χ3v) is 4.91. The van der Waals surface area contributed by atoms with Gasteiger partial charge in [0.15, 0.2) is 5.09 Å². The van der Waals surface area contributed by atoms with E-state index in [2.05, 4.69) is 57.6 Å². The van der Waals surface area contributed by atoms with Crippen LogP contribution in [0.3, 0.4) is 0 Å². The number of nitrogens with zero attached hydrogens (tertiary/aromatic N) is 1. The Morgan fingerprint density at radius 3 is 2.57 bits per heavy atom. The Labute approximate surface area is 147 Å². The molecular weight excluding hydrogens is 372 g/mol. The van der Waals surface area contributed by atoms with E-state index in [1.165, 1.54) is 5.56 Å². The highest BCUT2D eigenvalue weighted by Crippen LogP contribution is 2.35. The SMILES string of the molecule is Cc1ccc(Sc2oc(/C=N/Nc3ccccc3)cc2Br)cc1. The lowest BCUT2D eigenvalue weighted by Gasteiger charge is -1.99. The number of furan rings is 1. The summed E-state index contributed by atoms with van der Waals surface area (Å²) in [6.07, 6.45) is 1.66. The Hall–Kier alpha value is -1.98. The van der Waals surface area contributed by atoms with Gasteiger partial charge in [-0.25, -0.2) is 0 Å². The van der Waals surface area contributed by atoms with Crippen LogP contribution in [0.2, 0.25) is 0 Å². The molecule has 3 aromatic rings. The average molecular weight is 387 g/mol. The van der Waals surface area contributed by atoms with Crippen molar-refractivity contribution >= 4 is 39.6 Å². The normalized spacial score (nSPS) is 11.0. The van der Waals surface area contributed by atoms with Crippen LogP contribution >= 0.6 is 27.7 Å². The van der Waals surface area contributed by atoms with E-state index in [4.69, 9.17) is 4.42 Å². The molecule has 0 saturated carbocycles. The van der Waals surface area contributed by atoms with Gasteiger partial charge in [0, 0.05) is 11.0 Å². The number of rotatable bonds is 5. The molecule has 2 aromatic carbocycles. The van der Waals surface area contributed by atoms with Crippen LogP contribution in [0.15, 0.2) is 84.6 Å². The second-order valence-electron chi connectivity index (χ2n) is 4.94. The van der Waals surface area contributed by atoms with Gasteiger partial charge < -0.3 is 4.42 Å². The van der Waals surface area contributed by atoms with Crippen molar-refractivity contribution in [1.29, 1.82) is 0 Å². The highest BCUT2D eigenvalue weighted by molar-refractivity contribution is 9.10. The Kier molecular flexibility index (Phi) is 5.20. The van der Waals surface area contributed by atoms with E-state index in [0.29, 0.717) is 5.76 Å². The van der Waals surface area contributed by atoms with E-state index in [0.717, 1.165) is 20.1 Å². The maximum absolute atomic E-state index is 5.81. The van der Waals surface area contributed by atoms with Crippen LogP contribution in [0, 0.1) is 6.92 Å². The lowest BCUT2D eigenvalue weighted by Crippen LogP contribution is -1.88. The Morgan fingerprint density at radius 1 is 1.09 bits per heavy atom. The van der Waals surface area contributed by atoms with Gasteiger partial charge in [-0.15, -0.1) is 0 Å². The van der Waals surface area contributed by atoms with Gasteiger partial charge in [0.05, 0.1) is 16.4 Å². The lowest BCUT2D eigenvalue weighted by atomic mass is 10.2. The van der Waals surface area contributed by atoms with Gasteiger partial charge >= 0.3 is 0 Å². The first-order valence-corrected chi connectivity index (χ1v) is 8.69. The second-order valence-corrected chi connectivity index (χ2v) is 6.84. The molecule has 0 amide bonds. The summed E-state index contributed by atoms with van der Waals surface area (Å²) in [6, 6.07) is 20.0. The molecule has 3 nitrogen and oxygen atoms in total. The number of benzene rings is 2. The summed E-state index contributed by atoms with van der Waals surface area (Å²) in [6.45, 7) is 2.07. The molecule has 116 valence electrons. The average Bonchev–Trinajstić information content (AvgIpc) is 2.90. The summed E-state index contributed by atoms with van der Waals surface area (Å²) in [5.74, 6) is 0.690. The van der Waals surface area contributed by atoms with E-state index in [1.807, 2.05) is 36.4 Å². The monoisotopic (exact) mass is 386 g/mol. The molecule has 0 aliphatic carbocycles. The van der Waals surface area contributed by atoms with Crippen LogP contribution in [0.5, 0.6) is 0 Å². The molecule has 3 rings (SSSR count). The molecule has 0 atom stereocenters. The van der Waals surface area contributed by atoms with Crippen LogP contribution in [-0.4, -0.2) is 6.21 Å². The Bertz CT molecular complexity index is 798. The van der Waals surface area contributed by atoms with E-state index < -0.39 is 0 Å². The molecule has 23 heavy (non-hydrogen) atoms. The molecule has 1 N–H and O–H groups in total. The van der Waals surface area contributed by atoms with Crippen molar-refractivity contribution in [2.75, 3.05) is 5.43 Å². The maximum atomic E-state index is 5.81. The molecule has 0 aliphatic heterocycles. The summed E-state index contributed by atoms with van der Waals surface area (Å²) in [5.41, 5.74) is 5.14. The first kappa shape index (κ1) is 15.9. The summed E-state index contributed by atoms with van der Waals surface area (Å²) >= 11 is 5.11. The van der Waals surface area contributed by atoms with Gasteiger partial charge in [-0.05, 0) is 47.1 Å². The van der Waals surface area contributed by atoms with Gasteiger partial charge in [0.25, 0.3) is 0 Å². The molecule has 0 spiro atoms. The zero-order valence-electron chi connectivity index (χ0n) is 12.5. The molecule has 1 heterocycles. The highest BCUT2D eigenvalue weighted by atomic mass is 79.9. The molecule has 0 fully saturated rings. The van der Waals surface area contributed by atoms with Crippen LogP contribution in [0.4, 0.5) is 5.69 Å². The minimum Gasteiger partial charge on any atom is -0.447 e. The number of hydrogen-bond donors (Lipinski definition) is 1. The minimum atomic E-state index is 0.690. The second kappa shape index (κ2) is 7.53. The smallest absolute Gasteiger partial charge is 0.180 e. The van der Waals surface area contributed by atoms with E-state index >= 15 is 0 Å². The molecule has 0 saturated heterocycles. The number of hydrogen-bond acceptors (Lipinski definition) is 4. The predicted octanol–water partition coefficient (Wildman–Crippen LogP) is 5.95. The zero-order valence-corrected chi connectivity index (χ0v) is 14.9. The number of anilines is 1. The largest absolute Gasteiger partial charge is 0.447 e. The van der Waals surface area contributed by atoms with E-state index in [1.54, 1.807) is 18.0 Å². The third-order valence-electron chi connectivity index (χ3n) is 3.07. The van der Waals surface area contributed by atoms with Crippen LogP contribution < -0.4 is 5.43 Å². The summed E-state index contributed by atoms with van der Waals surface area (Å²) in [5, 5.41) is 5.00. The highest BCUT2D eigenvalue weighted by Gasteiger charge is 2.09. The number of hydrazone groups is 1. The molecule has 0 radical (unpaired) electrons. The van der Waals surface area contributed by atoms with E-state index in [-0.39, 0.29) is 0 Å². The van der Waals surface area contributed by atoms with Gasteiger partial charge in [0.1, 0.15) is 5.76 Å². The van der Waals surface area contributed by atoms with Crippen molar-refractivity contribution in [2.24, 2.45) is 5.10 Å². The summed E-state index contributed by atoms with van der Waals surface area (Å²) in [7, 11) is 0. The van der Waals surface area contributed by atoms with E-state index in [9.17, 15) is 0 Å². The fourth-order valence-corrected chi connectivity index (χ4v) is 3.23. The predicted molar refractivity (Wildman–Crippen MR) is 99.4 cm³/mol. The first-order valence-electron chi connectivity index (χ1n) is 7.09. The molecule has 5 heteroatoms. The minimum absolute atomic E-state index is 0.690. The maximum Gasteiger partial charge on any atom is 0.180 e. The summed E-state index contributed by atoms with van der Waals surface area (Å²) < 4.78 is 6.73. The third kappa shape index (κ3) is 4.50. The Morgan fingerprint density at radius 2 is 1.83 bits per heavy atom. The fourth-order valence-electron chi connectivity index (χ4n) is 1.90. The van der Waals surface area contributed by atoms with Crippen molar-refractivity contribution in [3.8, 4) is 0 Å². The first-order chi connectivity index (χ1) is 11.2. The molecule has 1 aromatic heterocycles. The van der Waals surface area contributed by atoms with Crippen molar-refractivity contribution in [2.45, 2.75) is 16.9 Å². The van der Waals surface area contributed by atoms with Crippen LogP contribution in [0.1, 0.15) is 11.3 Å². The van der Waals surface area contributed by atoms with Crippen molar-refractivity contribution in [1.82, 2.24) is 0 Å². The lowest BCUT2D eigenvalue weighted by molar-refractivity contribution is 0.466. The number of nitrogens with one attached hydrogen (secondary N) is 1.